The van der Waals surface area contributed by atoms with Crippen LogP contribution in [0.5, 0.6) is 5.75 Å². The molecule has 232 valence electrons. The molecule has 3 aromatic rings. The van der Waals surface area contributed by atoms with Crippen LogP contribution in [0.1, 0.15) is 58.0 Å². The molecule has 0 spiro atoms. The molecule has 14 nitrogen and oxygen atoms in total. The molecule has 0 saturated carbocycles. The number of nitrogens with one attached hydrogen (secondary N) is 3. The van der Waals surface area contributed by atoms with Gasteiger partial charge in [0.25, 0.3) is 11.8 Å². The van der Waals surface area contributed by atoms with Crippen molar-refractivity contribution in [2.45, 2.75) is 44.7 Å². The Morgan fingerprint density at radius 3 is 2.68 bits per heavy atom. The highest BCUT2D eigenvalue weighted by atomic mass is 16.5. The molecule has 1 atom stereocenters. The smallest absolute Gasteiger partial charge is 0.254 e. The summed E-state index contributed by atoms with van der Waals surface area (Å²) in [4.78, 5) is 47.9. The monoisotopic (exact) mass is 603 g/mol. The lowest BCUT2D eigenvalue weighted by Crippen LogP contribution is -2.39. The maximum absolute atomic E-state index is 13.0. The Hall–Kier alpha value is -4.98. The highest BCUT2D eigenvalue weighted by Gasteiger charge is 2.25. The van der Waals surface area contributed by atoms with Crippen molar-refractivity contribution in [2.75, 3.05) is 44.0 Å². The van der Waals surface area contributed by atoms with Gasteiger partial charge in [-0.3, -0.25) is 19.1 Å². The number of benzene rings is 1. The van der Waals surface area contributed by atoms with E-state index in [4.69, 9.17) is 15.2 Å². The number of hydrogen-bond acceptors (Lipinski definition) is 10. The van der Waals surface area contributed by atoms with Crippen molar-refractivity contribution >= 4 is 40.9 Å². The summed E-state index contributed by atoms with van der Waals surface area (Å²) in [5.41, 5.74) is 8.01. The number of methoxy groups -OCH3 is 1. The Balaban J connectivity index is 1.34. The number of primary amides is 1. The third-order valence-corrected chi connectivity index (χ3v) is 7.75. The minimum absolute atomic E-state index is 0.0239. The van der Waals surface area contributed by atoms with Gasteiger partial charge in [0.05, 0.1) is 30.7 Å². The number of hydrogen-bond donors (Lipinski definition) is 4. The molecule has 2 saturated heterocycles. The van der Waals surface area contributed by atoms with Gasteiger partial charge in [0.1, 0.15) is 17.1 Å². The van der Waals surface area contributed by atoms with Crippen molar-refractivity contribution in [3.63, 3.8) is 0 Å². The molecule has 44 heavy (non-hydrogen) atoms. The second-order valence-electron chi connectivity index (χ2n) is 10.8. The van der Waals surface area contributed by atoms with E-state index < -0.39 is 5.91 Å². The van der Waals surface area contributed by atoms with Gasteiger partial charge in [-0.25, -0.2) is 4.98 Å². The fourth-order valence-corrected chi connectivity index (χ4v) is 5.39. The van der Waals surface area contributed by atoms with Gasteiger partial charge in [0.2, 0.25) is 11.9 Å². The number of ether oxygens (including phenoxy) is 2. The van der Waals surface area contributed by atoms with Gasteiger partial charge in [-0.15, -0.1) is 0 Å². The standard InChI is InChI=1S/C30H37N9O5/c1-4-25(40)38-9-5-6-22(17-38)39-16-21(14-33-39)35-30-32-15-23(27(31)41)28(37-30)36-26-18(2)12-19(13-24(26)43-3)29(42)34-20-7-10-44-11-8-20/h4,12-16,20,22H,1,5-11,17H2,2-3H3,(H2,31,41)(H,34,42)(H2,32,35,36,37)/t22-/m1/s1. The van der Waals surface area contributed by atoms with E-state index in [2.05, 4.69) is 37.6 Å². The van der Waals surface area contributed by atoms with Gasteiger partial charge in [-0.1, -0.05) is 6.58 Å². The summed E-state index contributed by atoms with van der Waals surface area (Å²) in [5.74, 6) is -0.259. The van der Waals surface area contributed by atoms with Crippen LogP contribution in [0.25, 0.3) is 0 Å². The van der Waals surface area contributed by atoms with Crippen LogP contribution in [-0.2, 0) is 9.53 Å². The zero-order chi connectivity index (χ0) is 31.2. The number of anilines is 4. The topological polar surface area (TPSA) is 179 Å². The largest absolute Gasteiger partial charge is 0.495 e. The summed E-state index contributed by atoms with van der Waals surface area (Å²) in [7, 11) is 1.50. The zero-order valence-electron chi connectivity index (χ0n) is 24.8. The van der Waals surface area contributed by atoms with E-state index in [1.54, 1.807) is 23.2 Å². The summed E-state index contributed by atoms with van der Waals surface area (Å²) in [6.45, 7) is 7.88. The molecule has 2 fully saturated rings. The van der Waals surface area contributed by atoms with Crippen LogP contribution in [0, 0.1) is 6.92 Å². The number of carbonyl (C=O) groups excluding carboxylic acids is 3. The van der Waals surface area contributed by atoms with Crippen LogP contribution in [0.3, 0.4) is 0 Å². The lowest BCUT2D eigenvalue weighted by Gasteiger charge is -2.32. The van der Waals surface area contributed by atoms with E-state index >= 15 is 0 Å². The summed E-state index contributed by atoms with van der Waals surface area (Å²) in [6, 6.07) is 3.46. The molecule has 3 amide bonds. The van der Waals surface area contributed by atoms with Crippen LogP contribution in [0.2, 0.25) is 0 Å². The molecule has 5 N–H and O–H groups in total. The molecule has 0 radical (unpaired) electrons. The third kappa shape index (κ3) is 6.97. The normalized spacial score (nSPS) is 17.0. The Morgan fingerprint density at radius 2 is 1.95 bits per heavy atom. The highest BCUT2D eigenvalue weighted by Crippen LogP contribution is 2.34. The lowest BCUT2D eigenvalue weighted by atomic mass is 10.1. The molecule has 1 aromatic carbocycles. The highest BCUT2D eigenvalue weighted by molar-refractivity contribution is 5.99. The maximum Gasteiger partial charge on any atom is 0.254 e. The Kier molecular flexibility index (Phi) is 9.38. The number of aromatic nitrogens is 4. The molecule has 5 rings (SSSR count). The summed E-state index contributed by atoms with van der Waals surface area (Å²) in [6.07, 6.45) is 9.40. The number of nitrogens with two attached hydrogens (primary N) is 1. The van der Waals surface area contributed by atoms with Gasteiger partial charge in [-0.2, -0.15) is 10.1 Å². The second-order valence-corrected chi connectivity index (χ2v) is 10.8. The molecule has 2 aliphatic rings. The predicted molar refractivity (Wildman–Crippen MR) is 163 cm³/mol. The molecule has 14 heteroatoms. The molecule has 0 bridgehead atoms. The quantitative estimate of drug-likeness (QED) is 0.252. The van der Waals surface area contributed by atoms with Crippen LogP contribution in [-0.4, -0.2) is 81.8 Å². The number of amides is 3. The lowest BCUT2D eigenvalue weighted by molar-refractivity contribution is -0.127. The van der Waals surface area contributed by atoms with Gasteiger partial charge < -0.3 is 36.1 Å². The van der Waals surface area contributed by atoms with E-state index in [1.165, 1.54) is 19.4 Å². The van der Waals surface area contributed by atoms with E-state index in [-0.39, 0.29) is 41.2 Å². The first kappa shape index (κ1) is 30.5. The van der Waals surface area contributed by atoms with Gasteiger partial charge in [0, 0.05) is 50.3 Å². The van der Waals surface area contributed by atoms with Crippen molar-refractivity contribution in [1.29, 1.82) is 0 Å². The zero-order valence-corrected chi connectivity index (χ0v) is 24.8. The van der Waals surface area contributed by atoms with Crippen LogP contribution in [0.15, 0.2) is 43.4 Å². The van der Waals surface area contributed by atoms with Crippen LogP contribution in [0.4, 0.5) is 23.1 Å². The summed E-state index contributed by atoms with van der Waals surface area (Å²) in [5, 5.41) is 13.8. The molecular weight excluding hydrogens is 566 g/mol. The van der Waals surface area contributed by atoms with Crippen LogP contribution < -0.4 is 26.4 Å². The number of likely N-dealkylation sites (tertiary alicyclic amines) is 1. The Labute approximate surface area is 255 Å². The first-order valence-electron chi connectivity index (χ1n) is 14.5. The number of aryl methyl sites for hydroxylation is 1. The van der Waals surface area contributed by atoms with Crippen molar-refractivity contribution < 1.29 is 23.9 Å². The predicted octanol–water partition coefficient (Wildman–Crippen LogP) is 2.83. The molecule has 0 unspecified atom stereocenters. The van der Waals surface area contributed by atoms with Crippen molar-refractivity contribution in [3.05, 3.63) is 60.1 Å². The van der Waals surface area contributed by atoms with Crippen molar-refractivity contribution in [1.82, 2.24) is 30.0 Å². The molecule has 0 aliphatic carbocycles. The molecule has 2 aromatic heterocycles. The third-order valence-electron chi connectivity index (χ3n) is 7.75. The number of rotatable bonds is 10. The first-order chi connectivity index (χ1) is 21.2. The SMILES string of the molecule is C=CC(=O)N1CCC[C@@H](n2cc(Nc3ncc(C(N)=O)c(Nc4c(C)cc(C(=O)NC5CCOCC5)cc4OC)n3)cn2)C1. The summed E-state index contributed by atoms with van der Waals surface area (Å²) >= 11 is 0. The fraction of sp³-hybridized carbons (Fsp3) is 0.400. The van der Waals surface area contributed by atoms with Crippen molar-refractivity contribution in [2.24, 2.45) is 5.73 Å². The Bertz CT molecular complexity index is 1550. The van der Waals surface area contributed by atoms with Gasteiger partial charge in [0.15, 0.2) is 0 Å². The second kappa shape index (κ2) is 13.5. The van der Waals surface area contributed by atoms with E-state index in [0.717, 1.165) is 25.7 Å². The average molecular weight is 604 g/mol. The maximum atomic E-state index is 13.0. The summed E-state index contributed by atoms with van der Waals surface area (Å²) < 4.78 is 12.8. The number of nitrogens with zero attached hydrogens (tertiary/aromatic N) is 5. The average Bonchev–Trinajstić information content (AvgIpc) is 3.50. The fourth-order valence-electron chi connectivity index (χ4n) is 5.39. The van der Waals surface area contributed by atoms with E-state index in [1.807, 2.05) is 17.8 Å². The van der Waals surface area contributed by atoms with Gasteiger partial charge in [-0.05, 0) is 56.4 Å². The first-order valence-corrected chi connectivity index (χ1v) is 14.5. The minimum atomic E-state index is -0.716. The van der Waals surface area contributed by atoms with E-state index in [0.29, 0.717) is 54.6 Å². The number of carbonyl (C=O) groups is 3. The van der Waals surface area contributed by atoms with Gasteiger partial charge >= 0.3 is 0 Å². The Morgan fingerprint density at radius 1 is 1.16 bits per heavy atom. The minimum Gasteiger partial charge on any atom is -0.495 e. The van der Waals surface area contributed by atoms with Crippen LogP contribution >= 0.6 is 0 Å². The molecule has 2 aliphatic heterocycles. The molecule has 4 heterocycles. The number of piperidine rings is 1. The molecular formula is C30H37N9O5. The van der Waals surface area contributed by atoms with E-state index in [9.17, 15) is 14.4 Å². The van der Waals surface area contributed by atoms with Crippen molar-refractivity contribution in [3.8, 4) is 5.75 Å².